The maximum Gasteiger partial charge on any atom is 0.338 e. The van der Waals surface area contributed by atoms with Crippen molar-refractivity contribution >= 4 is 5.97 Å². The molecule has 0 aromatic heterocycles. The van der Waals surface area contributed by atoms with Crippen LogP contribution in [0.25, 0.3) is 0 Å². The van der Waals surface area contributed by atoms with E-state index in [1.165, 1.54) is 0 Å². The van der Waals surface area contributed by atoms with Crippen LogP contribution in [0.1, 0.15) is 20.8 Å². The first kappa shape index (κ1) is 18.4. The van der Waals surface area contributed by atoms with Crippen LogP contribution >= 0.6 is 0 Å². The van der Waals surface area contributed by atoms with Crippen molar-refractivity contribution in [3.05, 3.63) is 12.7 Å². The number of carbonyl (C=O) groups excluding carboxylic acids is 1. The van der Waals surface area contributed by atoms with Crippen LogP contribution in [0.5, 0.6) is 0 Å². The Labute approximate surface area is 137 Å². The molecule has 0 bridgehead atoms. The number of carbonyl (C=O) groups is 1. The molecule has 2 aliphatic rings. The normalized spacial score (nSPS) is 29.3. The molecule has 0 amide bonds. The van der Waals surface area contributed by atoms with E-state index in [0.29, 0.717) is 13.2 Å². The molecule has 2 saturated heterocycles. The second-order valence-electron chi connectivity index (χ2n) is 6.44. The molecule has 0 aliphatic carbocycles. The van der Waals surface area contributed by atoms with Crippen LogP contribution in [-0.2, 0) is 23.8 Å². The van der Waals surface area contributed by atoms with Gasteiger partial charge < -0.3 is 19.3 Å². The monoisotopic (exact) mass is 329 g/mol. The van der Waals surface area contributed by atoms with Gasteiger partial charge in [-0.1, -0.05) is 6.08 Å². The van der Waals surface area contributed by atoms with E-state index in [4.69, 9.17) is 19.0 Å². The van der Waals surface area contributed by atoms with Gasteiger partial charge in [-0.2, -0.15) is 5.06 Å². The summed E-state index contributed by atoms with van der Waals surface area (Å²) in [5, 5.41) is 11.4. The van der Waals surface area contributed by atoms with Gasteiger partial charge in [-0.25, -0.2) is 4.79 Å². The zero-order valence-corrected chi connectivity index (χ0v) is 14.1. The van der Waals surface area contributed by atoms with Gasteiger partial charge in [0.05, 0.1) is 44.6 Å². The van der Waals surface area contributed by atoms with Crippen LogP contribution in [-0.4, -0.2) is 73.0 Å². The molecule has 0 spiro atoms. The maximum absolute atomic E-state index is 12.3. The van der Waals surface area contributed by atoms with Crippen molar-refractivity contribution in [1.82, 2.24) is 5.06 Å². The van der Waals surface area contributed by atoms with E-state index in [2.05, 4.69) is 6.58 Å². The smallest absolute Gasteiger partial charge is 0.338 e. The third kappa shape index (κ3) is 3.75. The number of ether oxygens (including phenoxy) is 3. The summed E-state index contributed by atoms with van der Waals surface area (Å²) in [6.45, 7) is 10.6. The fourth-order valence-corrected chi connectivity index (χ4v) is 3.04. The van der Waals surface area contributed by atoms with Crippen molar-refractivity contribution in [2.75, 3.05) is 33.0 Å². The minimum Gasteiger partial charge on any atom is -0.464 e. The lowest BCUT2D eigenvalue weighted by Gasteiger charge is -2.39. The molecule has 0 unspecified atom stereocenters. The molecule has 2 fully saturated rings. The Morgan fingerprint density at radius 2 is 2.26 bits per heavy atom. The van der Waals surface area contributed by atoms with E-state index in [-0.39, 0.29) is 31.8 Å². The summed E-state index contributed by atoms with van der Waals surface area (Å²) in [5.74, 6) is -0.316. The lowest BCUT2D eigenvalue weighted by atomic mass is 9.93. The molecule has 0 radical (unpaired) electrons. The standard InChI is InChI=1S/C16H27NO6/c1-5-7-21-14(15(19)20-6-2)13-12-11(8-22-13)9-23-17(12)16(3,4)10-18/h5,11-14,18H,1,6-10H2,2-4H3/t11-,12+,13+,14-/m1/s1. The van der Waals surface area contributed by atoms with E-state index in [1.54, 1.807) is 18.1 Å². The average Bonchev–Trinajstić information content (AvgIpc) is 3.10. The van der Waals surface area contributed by atoms with Crippen LogP contribution < -0.4 is 0 Å². The minimum absolute atomic E-state index is 0.0689. The fourth-order valence-electron chi connectivity index (χ4n) is 3.04. The van der Waals surface area contributed by atoms with E-state index in [9.17, 15) is 9.90 Å². The van der Waals surface area contributed by atoms with Gasteiger partial charge in [0.1, 0.15) is 6.10 Å². The number of rotatable bonds is 8. The SMILES string of the molecule is C=CCO[C@@H](C(=O)OCC)[C@H]1OC[C@@H]2CON(C(C)(C)CO)[C@@H]21. The first-order valence-corrected chi connectivity index (χ1v) is 8.00. The third-order valence-corrected chi connectivity index (χ3v) is 4.22. The predicted octanol–water partition coefficient (Wildman–Crippen LogP) is 0.522. The number of aliphatic hydroxyl groups is 1. The second kappa shape index (κ2) is 7.72. The van der Waals surface area contributed by atoms with Gasteiger partial charge in [-0.05, 0) is 20.8 Å². The second-order valence-corrected chi connectivity index (χ2v) is 6.44. The van der Waals surface area contributed by atoms with E-state index < -0.39 is 23.7 Å². The topological polar surface area (TPSA) is 77.5 Å². The zero-order valence-electron chi connectivity index (χ0n) is 14.1. The molecule has 2 aliphatic heterocycles. The summed E-state index contributed by atoms with van der Waals surface area (Å²) >= 11 is 0. The summed E-state index contributed by atoms with van der Waals surface area (Å²) in [7, 11) is 0. The van der Waals surface area contributed by atoms with Gasteiger partial charge in [0.25, 0.3) is 0 Å². The number of hydrogen-bond donors (Lipinski definition) is 1. The molecule has 2 heterocycles. The highest BCUT2D eigenvalue weighted by atomic mass is 16.7. The van der Waals surface area contributed by atoms with Crippen molar-refractivity contribution in [3.8, 4) is 0 Å². The minimum atomic E-state index is -0.846. The zero-order chi connectivity index (χ0) is 17.0. The number of esters is 1. The number of fused-ring (bicyclic) bond motifs is 1. The molecular weight excluding hydrogens is 302 g/mol. The van der Waals surface area contributed by atoms with Crippen molar-refractivity contribution in [1.29, 1.82) is 0 Å². The molecule has 7 nitrogen and oxygen atoms in total. The first-order valence-electron chi connectivity index (χ1n) is 8.00. The highest BCUT2D eigenvalue weighted by Gasteiger charge is 2.55. The largest absolute Gasteiger partial charge is 0.464 e. The Morgan fingerprint density at radius 3 is 2.87 bits per heavy atom. The Hall–Kier alpha value is -0.990. The van der Waals surface area contributed by atoms with Gasteiger partial charge in [-0.3, -0.25) is 4.84 Å². The maximum atomic E-state index is 12.3. The third-order valence-electron chi connectivity index (χ3n) is 4.22. The summed E-state index contributed by atoms with van der Waals surface area (Å²) in [5.41, 5.74) is -0.580. The molecule has 23 heavy (non-hydrogen) atoms. The van der Waals surface area contributed by atoms with Gasteiger partial charge in [0.2, 0.25) is 0 Å². The van der Waals surface area contributed by atoms with Crippen molar-refractivity contribution in [3.63, 3.8) is 0 Å². The Morgan fingerprint density at radius 1 is 1.52 bits per heavy atom. The van der Waals surface area contributed by atoms with E-state index in [0.717, 1.165) is 0 Å². The number of hydroxylamine groups is 2. The summed E-state index contributed by atoms with van der Waals surface area (Å²) < 4.78 is 16.6. The van der Waals surface area contributed by atoms with Gasteiger partial charge in [0.15, 0.2) is 6.10 Å². The summed E-state index contributed by atoms with van der Waals surface area (Å²) in [6, 6.07) is -0.170. The molecule has 0 saturated carbocycles. The quantitative estimate of drug-likeness (QED) is 0.514. The Bertz CT molecular complexity index is 427. The number of hydrogen-bond acceptors (Lipinski definition) is 7. The van der Waals surface area contributed by atoms with Gasteiger partial charge >= 0.3 is 5.97 Å². The van der Waals surface area contributed by atoms with Gasteiger partial charge in [-0.15, -0.1) is 6.58 Å². The lowest BCUT2D eigenvalue weighted by molar-refractivity contribution is -0.227. The number of nitrogens with zero attached hydrogens (tertiary/aromatic N) is 1. The van der Waals surface area contributed by atoms with Crippen molar-refractivity contribution < 1.29 is 28.9 Å². The molecule has 132 valence electrons. The summed E-state index contributed by atoms with van der Waals surface area (Å²) in [4.78, 5) is 18.0. The Kier molecular flexibility index (Phi) is 6.16. The van der Waals surface area contributed by atoms with Gasteiger partial charge in [0, 0.05) is 5.92 Å². The highest BCUT2D eigenvalue weighted by molar-refractivity contribution is 5.75. The molecule has 0 aromatic carbocycles. The summed E-state index contributed by atoms with van der Waals surface area (Å²) in [6.07, 6.45) is 0.230. The van der Waals surface area contributed by atoms with E-state index >= 15 is 0 Å². The van der Waals surface area contributed by atoms with E-state index in [1.807, 2.05) is 13.8 Å². The highest BCUT2D eigenvalue weighted by Crippen LogP contribution is 2.38. The molecule has 2 rings (SSSR count). The molecule has 1 N–H and O–H groups in total. The lowest BCUT2D eigenvalue weighted by Crippen LogP contribution is -2.56. The first-order chi connectivity index (χ1) is 11.0. The molecule has 7 heteroatoms. The fraction of sp³-hybridized carbons (Fsp3) is 0.812. The van der Waals surface area contributed by atoms with Crippen LogP contribution in [0.15, 0.2) is 12.7 Å². The Balaban J connectivity index is 2.20. The number of aliphatic hydroxyl groups excluding tert-OH is 1. The van der Waals surface area contributed by atoms with Crippen LogP contribution in [0.4, 0.5) is 0 Å². The predicted molar refractivity (Wildman–Crippen MR) is 82.5 cm³/mol. The van der Waals surface area contributed by atoms with Crippen LogP contribution in [0.2, 0.25) is 0 Å². The van der Waals surface area contributed by atoms with Crippen molar-refractivity contribution in [2.45, 2.75) is 44.6 Å². The molecular formula is C16H27NO6. The molecule has 4 atom stereocenters. The van der Waals surface area contributed by atoms with Crippen LogP contribution in [0, 0.1) is 5.92 Å². The average molecular weight is 329 g/mol. The molecule has 0 aromatic rings. The van der Waals surface area contributed by atoms with Crippen molar-refractivity contribution in [2.24, 2.45) is 5.92 Å². The van der Waals surface area contributed by atoms with Crippen LogP contribution in [0.3, 0.4) is 0 Å².